The van der Waals surface area contributed by atoms with Crippen LogP contribution in [0.5, 0.6) is 0 Å². The van der Waals surface area contributed by atoms with Crippen molar-refractivity contribution in [1.29, 1.82) is 0 Å². The number of rotatable bonds is 5. The zero-order chi connectivity index (χ0) is 19.4. The normalized spacial score (nSPS) is 17.0. The molecule has 1 aromatic carbocycles. The van der Waals surface area contributed by atoms with Gasteiger partial charge in [-0.2, -0.15) is 0 Å². The van der Waals surface area contributed by atoms with Crippen molar-refractivity contribution >= 4 is 17.5 Å². The fraction of sp³-hybridized carbons (Fsp3) is 0.476. The van der Waals surface area contributed by atoms with Gasteiger partial charge in [-0.15, -0.1) is 0 Å². The van der Waals surface area contributed by atoms with E-state index in [0.29, 0.717) is 18.2 Å². The maximum atomic E-state index is 12.6. The lowest BCUT2D eigenvalue weighted by molar-refractivity contribution is 0.102. The molecular weight excluding hydrogens is 340 g/mol. The molecule has 6 heteroatoms. The summed E-state index contributed by atoms with van der Waals surface area (Å²) in [4.78, 5) is 21.3. The second kappa shape index (κ2) is 8.05. The number of aryl methyl sites for hydroxylation is 1. The second-order valence-corrected chi connectivity index (χ2v) is 8.02. The van der Waals surface area contributed by atoms with Crippen LogP contribution in [0.25, 0.3) is 0 Å². The van der Waals surface area contributed by atoms with Crippen LogP contribution < -0.4 is 10.6 Å². The molecule has 2 aromatic rings. The number of benzene rings is 1. The van der Waals surface area contributed by atoms with Crippen LogP contribution in [-0.2, 0) is 10.2 Å². The molecule has 0 radical (unpaired) electrons. The predicted octanol–water partition coefficient (Wildman–Crippen LogP) is 3.93. The Kier molecular flexibility index (Phi) is 5.75. The Bertz CT molecular complexity index is 791. The van der Waals surface area contributed by atoms with E-state index in [2.05, 4.69) is 41.4 Å². The van der Waals surface area contributed by atoms with Gasteiger partial charge in [0.1, 0.15) is 5.69 Å². The van der Waals surface area contributed by atoms with Crippen LogP contribution in [0.2, 0.25) is 0 Å². The lowest BCUT2D eigenvalue weighted by atomic mass is 9.87. The number of anilines is 2. The van der Waals surface area contributed by atoms with Gasteiger partial charge in [0.2, 0.25) is 5.95 Å². The minimum absolute atomic E-state index is 0.0793. The van der Waals surface area contributed by atoms with E-state index in [1.807, 2.05) is 31.2 Å². The molecule has 1 aliphatic rings. The number of hydrogen-bond acceptors (Lipinski definition) is 5. The summed E-state index contributed by atoms with van der Waals surface area (Å²) < 4.78 is 5.60. The molecule has 1 atom stereocenters. The Hall–Kier alpha value is -2.47. The summed E-state index contributed by atoms with van der Waals surface area (Å²) in [6.45, 7) is 9.80. The highest BCUT2D eigenvalue weighted by molar-refractivity contribution is 6.03. The van der Waals surface area contributed by atoms with Crippen LogP contribution in [0, 0.1) is 6.92 Å². The molecule has 144 valence electrons. The van der Waals surface area contributed by atoms with Crippen molar-refractivity contribution in [3.63, 3.8) is 0 Å². The minimum Gasteiger partial charge on any atom is -0.376 e. The number of ether oxygens (including phenoxy) is 1. The van der Waals surface area contributed by atoms with E-state index in [1.165, 1.54) is 5.56 Å². The van der Waals surface area contributed by atoms with Crippen LogP contribution in [0.3, 0.4) is 0 Å². The van der Waals surface area contributed by atoms with Crippen molar-refractivity contribution in [2.45, 2.75) is 52.1 Å². The van der Waals surface area contributed by atoms with E-state index in [0.717, 1.165) is 30.8 Å². The monoisotopic (exact) mass is 368 g/mol. The molecule has 1 amide bonds. The van der Waals surface area contributed by atoms with E-state index < -0.39 is 0 Å². The van der Waals surface area contributed by atoms with Crippen LogP contribution in [0.15, 0.2) is 30.3 Å². The van der Waals surface area contributed by atoms with E-state index >= 15 is 0 Å². The summed E-state index contributed by atoms with van der Waals surface area (Å²) in [5.74, 6) is 0.211. The third-order valence-corrected chi connectivity index (χ3v) is 4.61. The first-order chi connectivity index (χ1) is 12.8. The van der Waals surface area contributed by atoms with Crippen molar-refractivity contribution in [1.82, 2.24) is 9.97 Å². The third-order valence-electron chi connectivity index (χ3n) is 4.61. The number of carbonyl (C=O) groups is 1. The average Bonchev–Trinajstić information content (AvgIpc) is 3.13. The molecule has 27 heavy (non-hydrogen) atoms. The molecule has 1 fully saturated rings. The Morgan fingerprint density at radius 1 is 1.22 bits per heavy atom. The number of amides is 1. The number of hydrogen-bond donors (Lipinski definition) is 2. The van der Waals surface area contributed by atoms with Gasteiger partial charge in [0.15, 0.2) is 0 Å². The third kappa shape index (κ3) is 5.26. The van der Waals surface area contributed by atoms with E-state index in [9.17, 15) is 4.79 Å². The van der Waals surface area contributed by atoms with Gasteiger partial charge < -0.3 is 15.4 Å². The molecule has 6 nitrogen and oxygen atoms in total. The molecule has 0 aliphatic carbocycles. The Balaban J connectivity index is 1.66. The summed E-state index contributed by atoms with van der Waals surface area (Å²) in [7, 11) is 0. The summed E-state index contributed by atoms with van der Waals surface area (Å²) in [5, 5.41) is 6.09. The molecule has 1 aromatic heterocycles. The van der Waals surface area contributed by atoms with Gasteiger partial charge in [0.25, 0.3) is 5.91 Å². The summed E-state index contributed by atoms with van der Waals surface area (Å²) >= 11 is 0. The number of carbonyl (C=O) groups excluding carboxylic acids is 1. The molecule has 0 bridgehead atoms. The van der Waals surface area contributed by atoms with Crippen LogP contribution in [0.1, 0.15) is 55.4 Å². The van der Waals surface area contributed by atoms with Crippen molar-refractivity contribution < 1.29 is 9.53 Å². The van der Waals surface area contributed by atoms with Crippen molar-refractivity contribution in [2.75, 3.05) is 23.8 Å². The van der Waals surface area contributed by atoms with Crippen LogP contribution in [0.4, 0.5) is 11.6 Å². The van der Waals surface area contributed by atoms with E-state index in [1.54, 1.807) is 6.07 Å². The highest BCUT2D eigenvalue weighted by atomic mass is 16.5. The average molecular weight is 368 g/mol. The van der Waals surface area contributed by atoms with Crippen molar-refractivity contribution in [3.05, 3.63) is 47.3 Å². The lowest BCUT2D eigenvalue weighted by Crippen LogP contribution is -2.21. The highest BCUT2D eigenvalue weighted by Crippen LogP contribution is 2.23. The molecule has 1 unspecified atom stereocenters. The van der Waals surface area contributed by atoms with E-state index in [4.69, 9.17) is 4.74 Å². The topological polar surface area (TPSA) is 76.1 Å². The molecule has 2 N–H and O–H groups in total. The number of aromatic nitrogens is 2. The maximum Gasteiger partial charge on any atom is 0.274 e. The minimum atomic E-state index is -0.246. The lowest BCUT2D eigenvalue weighted by Gasteiger charge is -2.19. The summed E-state index contributed by atoms with van der Waals surface area (Å²) in [5.41, 5.74) is 3.14. The van der Waals surface area contributed by atoms with Gasteiger partial charge in [0.05, 0.1) is 6.10 Å². The maximum absolute atomic E-state index is 12.6. The molecule has 0 spiro atoms. The highest BCUT2D eigenvalue weighted by Gasteiger charge is 2.17. The second-order valence-electron chi connectivity index (χ2n) is 8.02. The van der Waals surface area contributed by atoms with Gasteiger partial charge in [-0.05, 0) is 48.9 Å². The fourth-order valence-corrected chi connectivity index (χ4v) is 3.02. The van der Waals surface area contributed by atoms with E-state index in [-0.39, 0.29) is 17.4 Å². The Labute approximate surface area is 160 Å². The Morgan fingerprint density at radius 3 is 2.59 bits per heavy atom. The predicted molar refractivity (Wildman–Crippen MR) is 107 cm³/mol. The smallest absolute Gasteiger partial charge is 0.274 e. The molecule has 1 aliphatic heterocycles. The SMILES string of the molecule is Cc1cc(C(=O)Nc2ccc(C(C)(C)C)cc2)nc(NCC2CCCO2)n1. The van der Waals surface area contributed by atoms with Crippen LogP contribution in [-0.4, -0.2) is 35.1 Å². The van der Waals surface area contributed by atoms with Gasteiger partial charge >= 0.3 is 0 Å². The standard InChI is InChI=1S/C21H28N4O2/c1-14-12-18(25-20(23-14)22-13-17-6-5-11-27-17)19(26)24-16-9-7-15(8-10-16)21(2,3)4/h7-10,12,17H,5-6,11,13H2,1-4H3,(H,24,26)(H,22,23,25). The number of nitrogens with one attached hydrogen (secondary N) is 2. The summed E-state index contributed by atoms with van der Waals surface area (Å²) in [6, 6.07) is 9.60. The first-order valence-corrected chi connectivity index (χ1v) is 9.44. The van der Waals surface area contributed by atoms with Crippen molar-refractivity contribution in [2.24, 2.45) is 0 Å². The summed E-state index contributed by atoms with van der Waals surface area (Å²) in [6.07, 6.45) is 2.31. The van der Waals surface area contributed by atoms with Gasteiger partial charge in [0, 0.05) is 24.5 Å². The fourth-order valence-electron chi connectivity index (χ4n) is 3.02. The van der Waals surface area contributed by atoms with Crippen molar-refractivity contribution in [3.8, 4) is 0 Å². The zero-order valence-corrected chi connectivity index (χ0v) is 16.5. The van der Waals surface area contributed by atoms with Crippen LogP contribution >= 0.6 is 0 Å². The first-order valence-electron chi connectivity index (χ1n) is 9.44. The zero-order valence-electron chi connectivity index (χ0n) is 16.5. The van der Waals surface area contributed by atoms with Gasteiger partial charge in [-0.1, -0.05) is 32.9 Å². The molecule has 0 saturated carbocycles. The largest absolute Gasteiger partial charge is 0.376 e. The van der Waals surface area contributed by atoms with Gasteiger partial charge in [-0.3, -0.25) is 4.79 Å². The Morgan fingerprint density at radius 2 is 1.96 bits per heavy atom. The molecule has 1 saturated heterocycles. The quantitative estimate of drug-likeness (QED) is 0.836. The molecule has 3 rings (SSSR count). The molecule has 2 heterocycles. The first kappa shape index (κ1) is 19.3. The van der Waals surface area contributed by atoms with Gasteiger partial charge in [-0.25, -0.2) is 9.97 Å². The molecular formula is C21H28N4O2. The number of nitrogens with zero attached hydrogens (tertiary/aromatic N) is 2.